The molecule has 0 N–H and O–H groups in total. The van der Waals surface area contributed by atoms with Crippen LogP contribution < -0.4 is 0 Å². The Morgan fingerprint density at radius 3 is 2.82 bits per heavy atom. The average molecular weight is 310 g/mol. The van der Waals surface area contributed by atoms with Gasteiger partial charge >= 0.3 is 0 Å². The van der Waals surface area contributed by atoms with Gasteiger partial charge in [0.25, 0.3) is 0 Å². The van der Waals surface area contributed by atoms with Crippen LogP contribution in [-0.2, 0) is 9.63 Å². The highest BCUT2D eigenvalue weighted by Crippen LogP contribution is 2.20. The van der Waals surface area contributed by atoms with E-state index in [1.54, 1.807) is 11.9 Å². The molecule has 1 heterocycles. The van der Waals surface area contributed by atoms with Gasteiger partial charge in [-0.1, -0.05) is 19.0 Å². The predicted molar refractivity (Wildman–Crippen MR) is 79.5 cm³/mol. The molecular formula is C16H20F2N2O2. The molecule has 1 aliphatic rings. The fourth-order valence-electron chi connectivity index (χ4n) is 2.32. The first-order valence-electron chi connectivity index (χ1n) is 7.29. The SMILES string of the molecule is CC(C)CC(=O)N(C)CC1CC(c2ccc(F)cc2F)=NO1. The van der Waals surface area contributed by atoms with Gasteiger partial charge in [-0.3, -0.25) is 4.79 Å². The number of carbonyl (C=O) groups excluding carboxylic acids is 1. The standard InChI is InChI=1S/C16H20F2N2O2/c1-10(2)6-16(21)20(3)9-12-8-15(19-22-12)13-5-4-11(17)7-14(13)18/h4-5,7,10,12H,6,8-9H2,1-3H3. The third-order valence-electron chi connectivity index (χ3n) is 3.46. The van der Waals surface area contributed by atoms with Crippen molar-refractivity contribution in [2.75, 3.05) is 13.6 Å². The van der Waals surface area contributed by atoms with Crippen LogP contribution in [0.4, 0.5) is 8.78 Å². The summed E-state index contributed by atoms with van der Waals surface area (Å²) in [5, 5.41) is 3.87. The Morgan fingerprint density at radius 1 is 1.45 bits per heavy atom. The van der Waals surface area contributed by atoms with E-state index >= 15 is 0 Å². The zero-order valence-corrected chi connectivity index (χ0v) is 13.0. The summed E-state index contributed by atoms with van der Waals surface area (Å²) in [6.07, 6.45) is 0.561. The van der Waals surface area contributed by atoms with Crippen LogP contribution >= 0.6 is 0 Å². The zero-order chi connectivity index (χ0) is 16.3. The van der Waals surface area contributed by atoms with Gasteiger partial charge in [0.05, 0.1) is 12.3 Å². The quantitative estimate of drug-likeness (QED) is 0.839. The maximum Gasteiger partial charge on any atom is 0.222 e. The molecule has 0 fully saturated rings. The van der Waals surface area contributed by atoms with E-state index in [0.717, 1.165) is 6.07 Å². The lowest BCUT2D eigenvalue weighted by Crippen LogP contribution is -2.35. The van der Waals surface area contributed by atoms with Crippen molar-refractivity contribution in [3.05, 3.63) is 35.4 Å². The van der Waals surface area contributed by atoms with Gasteiger partial charge in [-0.15, -0.1) is 0 Å². The molecule has 22 heavy (non-hydrogen) atoms. The molecule has 0 aromatic heterocycles. The van der Waals surface area contributed by atoms with Crippen LogP contribution in [0.5, 0.6) is 0 Å². The average Bonchev–Trinajstić information content (AvgIpc) is 2.86. The number of rotatable bonds is 5. The van der Waals surface area contributed by atoms with E-state index < -0.39 is 11.6 Å². The summed E-state index contributed by atoms with van der Waals surface area (Å²) in [5.41, 5.74) is 0.673. The van der Waals surface area contributed by atoms with Gasteiger partial charge < -0.3 is 9.74 Å². The summed E-state index contributed by atoms with van der Waals surface area (Å²) < 4.78 is 26.6. The molecule has 6 heteroatoms. The summed E-state index contributed by atoms with van der Waals surface area (Å²) >= 11 is 0. The summed E-state index contributed by atoms with van der Waals surface area (Å²) in [7, 11) is 1.71. The van der Waals surface area contributed by atoms with Gasteiger partial charge in [0, 0.05) is 31.5 Å². The number of hydrogen-bond donors (Lipinski definition) is 0. The van der Waals surface area contributed by atoms with Crippen molar-refractivity contribution in [2.45, 2.75) is 32.8 Å². The molecule has 1 atom stereocenters. The molecule has 4 nitrogen and oxygen atoms in total. The number of oxime groups is 1. The third kappa shape index (κ3) is 4.02. The van der Waals surface area contributed by atoms with Crippen LogP contribution in [0.25, 0.3) is 0 Å². The van der Waals surface area contributed by atoms with Crippen LogP contribution in [-0.4, -0.2) is 36.2 Å². The van der Waals surface area contributed by atoms with Gasteiger partial charge in [-0.25, -0.2) is 8.78 Å². The normalized spacial score (nSPS) is 17.4. The van der Waals surface area contributed by atoms with E-state index in [4.69, 9.17) is 4.84 Å². The minimum Gasteiger partial charge on any atom is -0.390 e. The number of amides is 1. The van der Waals surface area contributed by atoms with Crippen LogP contribution in [0.1, 0.15) is 32.3 Å². The highest BCUT2D eigenvalue weighted by Gasteiger charge is 2.26. The summed E-state index contributed by atoms with van der Waals surface area (Å²) in [4.78, 5) is 18.8. The van der Waals surface area contributed by atoms with E-state index in [9.17, 15) is 13.6 Å². The van der Waals surface area contributed by atoms with Crippen molar-refractivity contribution in [3.63, 3.8) is 0 Å². The molecular weight excluding hydrogens is 290 g/mol. The Kier molecular flexibility index (Phi) is 5.11. The van der Waals surface area contributed by atoms with Crippen LogP contribution in [0.15, 0.2) is 23.4 Å². The van der Waals surface area contributed by atoms with E-state index in [-0.39, 0.29) is 17.6 Å². The van der Waals surface area contributed by atoms with Crippen LogP contribution in [0.3, 0.4) is 0 Å². The smallest absolute Gasteiger partial charge is 0.222 e. The van der Waals surface area contributed by atoms with Crippen molar-refractivity contribution < 1.29 is 18.4 Å². The maximum absolute atomic E-state index is 13.7. The number of nitrogens with zero attached hydrogens (tertiary/aromatic N) is 2. The minimum atomic E-state index is -0.660. The first-order chi connectivity index (χ1) is 10.4. The number of halogens is 2. The second-order valence-electron chi connectivity index (χ2n) is 5.97. The van der Waals surface area contributed by atoms with Gasteiger partial charge in [-0.05, 0) is 18.1 Å². The minimum absolute atomic E-state index is 0.0417. The van der Waals surface area contributed by atoms with Crippen molar-refractivity contribution in [1.29, 1.82) is 0 Å². The second kappa shape index (κ2) is 6.85. The molecule has 0 spiro atoms. The zero-order valence-electron chi connectivity index (χ0n) is 13.0. The van der Waals surface area contributed by atoms with E-state index in [1.165, 1.54) is 12.1 Å². The van der Waals surface area contributed by atoms with Crippen molar-refractivity contribution in [3.8, 4) is 0 Å². The van der Waals surface area contributed by atoms with Crippen LogP contribution in [0.2, 0.25) is 0 Å². The Bertz CT molecular complexity index is 588. The molecule has 0 saturated heterocycles. The first kappa shape index (κ1) is 16.4. The molecule has 0 bridgehead atoms. The summed E-state index contributed by atoms with van der Waals surface area (Å²) in [6.45, 7) is 4.36. The first-order valence-corrected chi connectivity index (χ1v) is 7.29. The molecule has 1 aliphatic heterocycles. The topological polar surface area (TPSA) is 41.9 Å². The molecule has 0 radical (unpaired) electrons. The van der Waals surface area contributed by atoms with E-state index in [0.29, 0.717) is 31.0 Å². The molecule has 1 aromatic carbocycles. The largest absolute Gasteiger partial charge is 0.390 e. The molecule has 2 rings (SSSR count). The summed E-state index contributed by atoms with van der Waals surface area (Å²) in [5.74, 6) is -0.955. The Hall–Kier alpha value is -1.98. The Labute approximate surface area is 128 Å². The molecule has 0 saturated carbocycles. The monoisotopic (exact) mass is 310 g/mol. The number of hydrogen-bond acceptors (Lipinski definition) is 3. The molecule has 1 unspecified atom stereocenters. The molecule has 1 aromatic rings. The fraction of sp³-hybridized carbons (Fsp3) is 0.500. The van der Waals surface area contributed by atoms with Gasteiger partial charge in [-0.2, -0.15) is 0 Å². The van der Waals surface area contributed by atoms with E-state index in [1.807, 2.05) is 13.8 Å². The van der Waals surface area contributed by atoms with Crippen molar-refractivity contribution in [2.24, 2.45) is 11.1 Å². The second-order valence-corrected chi connectivity index (χ2v) is 5.97. The van der Waals surface area contributed by atoms with Gasteiger partial charge in [0.15, 0.2) is 6.10 Å². The maximum atomic E-state index is 13.7. The number of carbonyl (C=O) groups is 1. The molecule has 0 aliphatic carbocycles. The van der Waals surface area contributed by atoms with Crippen molar-refractivity contribution >= 4 is 11.6 Å². The van der Waals surface area contributed by atoms with Crippen molar-refractivity contribution in [1.82, 2.24) is 4.90 Å². The molecule has 120 valence electrons. The lowest BCUT2D eigenvalue weighted by atomic mass is 10.0. The highest BCUT2D eigenvalue weighted by atomic mass is 19.1. The predicted octanol–water partition coefficient (Wildman–Crippen LogP) is 2.96. The van der Waals surface area contributed by atoms with Crippen LogP contribution in [0, 0.1) is 17.6 Å². The Morgan fingerprint density at radius 2 is 2.18 bits per heavy atom. The van der Waals surface area contributed by atoms with E-state index in [2.05, 4.69) is 5.16 Å². The number of benzene rings is 1. The molecule has 1 amide bonds. The fourth-order valence-corrected chi connectivity index (χ4v) is 2.32. The lowest BCUT2D eigenvalue weighted by Gasteiger charge is -2.20. The van der Waals surface area contributed by atoms with Gasteiger partial charge in [0.1, 0.15) is 11.6 Å². The number of likely N-dealkylation sites (N-methyl/N-ethyl adjacent to an activating group) is 1. The van der Waals surface area contributed by atoms with Gasteiger partial charge in [0.2, 0.25) is 5.91 Å². The third-order valence-corrected chi connectivity index (χ3v) is 3.46. The lowest BCUT2D eigenvalue weighted by molar-refractivity contribution is -0.132. The Balaban J connectivity index is 1.93. The summed E-state index contributed by atoms with van der Waals surface area (Å²) in [6, 6.07) is 3.36. The highest BCUT2D eigenvalue weighted by molar-refractivity contribution is 6.01.